The van der Waals surface area contributed by atoms with Gasteiger partial charge in [-0.2, -0.15) is 0 Å². The first-order valence-electron chi connectivity index (χ1n) is 7.05. The monoisotopic (exact) mass is 309 g/mol. The van der Waals surface area contributed by atoms with Crippen LogP contribution in [0.5, 0.6) is 5.75 Å². The molecule has 1 amide bonds. The molecule has 0 saturated heterocycles. The molecule has 0 aliphatic rings. The number of carbonyl (C=O) groups is 1. The molecule has 2 aromatic heterocycles. The third-order valence-corrected chi connectivity index (χ3v) is 3.36. The fraction of sp³-hybridized carbons (Fsp3) is 0.118. The van der Waals surface area contributed by atoms with Crippen LogP contribution in [-0.2, 0) is 6.54 Å². The second-order valence-corrected chi connectivity index (χ2v) is 5.08. The molecule has 0 radical (unpaired) electrons. The number of nitrogens with zero attached hydrogens (tertiary/aromatic N) is 3. The van der Waals surface area contributed by atoms with E-state index in [-0.39, 0.29) is 23.9 Å². The summed E-state index contributed by atoms with van der Waals surface area (Å²) >= 11 is 0. The van der Waals surface area contributed by atoms with E-state index in [4.69, 9.17) is 4.52 Å². The van der Waals surface area contributed by atoms with Gasteiger partial charge in [0.25, 0.3) is 5.91 Å². The van der Waals surface area contributed by atoms with Gasteiger partial charge in [-0.1, -0.05) is 35.5 Å². The Morgan fingerprint density at radius 3 is 2.74 bits per heavy atom. The number of benzene rings is 1. The summed E-state index contributed by atoms with van der Waals surface area (Å²) in [4.78, 5) is 17.6. The predicted octanol–water partition coefficient (Wildman–Crippen LogP) is 2.71. The molecule has 3 rings (SSSR count). The molecule has 23 heavy (non-hydrogen) atoms. The summed E-state index contributed by atoms with van der Waals surface area (Å²) in [6.45, 7) is 0.231. The Kier molecular flexibility index (Phi) is 4.05. The molecule has 0 bridgehead atoms. The summed E-state index contributed by atoms with van der Waals surface area (Å²) in [5, 5.41) is 13.7. The molecule has 0 spiro atoms. The summed E-state index contributed by atoms with van der Waals surface area (Å²) < 4.78 is 5.28. The normalized spacial score (nSPS) is 10.5. The average Bonchev–Trinajstić information content (AvgIpc) is 3.04. The van der Waals surface area contributed by atoms with Crippen LogP contribution < -0.4 is 0 Å². The summed E-state index contributed by atoms with van der Waals surface area (Å²) in [5.74, 6) is 0.0165. The van der Waals surface area contributed by atoms with Crippen LogP contribution in [0.3, 0.4) is 0 Å². The van der Waals surface area contributed by atoms with Gasteiger partial charge < -0.3 is 14.5 Å². The van der Waals surface area contributed by atoms with Gasteiger partial charge in [0.05, 0.1) is 6.54 Å². The van der Waals surface area contributed by atoms with Gasteiger partial charge in [0.1, 0.15) is 11.4 Å². The van der Waals surface area contributed by atoms with Crippen molar-refractivity contribution >= 4 is 5.91 Å². The van der Waals surface area contributed by atoms with Gasteiger partial charge in [-0.15, -0.1) is 0 Å². The highest BCUT2D eigenvalue weighted by Crippen LogP contribution is 2.20. The van der Waals surface area contributed by atoms with Crippen LogP contribution >= 0.6 is 0 Å². The number of carbonyl (C=O) groups excluding carboxylic acids is 1. The van der Waals surface area contributed by atoms with Crippen molar-refractivity contribution in [1.29, 1.82) is 0 Å². The molecule has 3 aromatic rings. The molecule has 0 aliphatic carbocycles. The number of aromatic nitrogens is 2. The quantitative estimate of drug-likeness (QED) is 0.801. The molecule has 0 atom stereocenters. The summed E-state index contributed by atoms with van der Waals surface area (Å²) in [6, 6.07) is 14.4. The second kappa shape index (κ2) is 6.31. The van der Waals surface area contributed by atoms with Crippen LogP contribution in [0.2, 0.25) is 0 Å². The van der Waals surface area contributed by atoms with Crippen LogP contribution in [0, 0.1) is 0 Å². The Labute approximate surface area is 133 Å². The van der Waals surface area contributed by atoms with Crippen LogP contribution in [0.15, 0.2) is 59.3 Å². The number of rotatable bonds is 4. The zero-order valence-corrected chi connectivity index (χ0v) is 12.5. The van der Waals surface area contributed by atoms with E-state index < -0.39 is 0 Å². The van der Waals surface area contributed by atoms with Crippen LogP contribution in [0.4, 0.5) is 0 Å². The van der Waals surface area contributed by atoms with E-state index in [0.717, 1.165) is 5.56 Å². The van der Waals surface area contributed by atoms with Gasteiger partial charge in [-0.05, 0) is 12.1 Å². The minimum atomic E-state index is -0.388. The first kappa shape index (κ1) is 14.8. The lowest BCUT2D eigenvalue weighted by Gasteiger charge is -2.15. The van der Waals surface area contributed by atoms with E-state index in [0.29, 0.717) is 11.5 Å². The number of aromatic hydroxyl groups is 1. The van der Waals surface area contributed by atoms with Crippen molar-refractivity contribution in [3.05, 3.63) is 66.2 Å². The molecular weight excluding hydrogens is 294 g/mol. The lowest BCUT2D eigenvalue weighted by molar-refractivity contribution is 0.0763. The van der Waals surface area contributed by atoms with Crippen molar-refractivity contribution in [3.63, 3.8) is 0 Å². The second-order valence-electron chi connectivity index (χ2n) is 5.08. The molecule has 1 N–H and O–H groups in total. The van der Waals surface area contributed by atoms with Gasteiger partial charge >= 0.3 is 0 Å². The lowest BCUT2D eigenvalue weighted by Crippen LogP contribution is -2.26. The molecule has 6 heteroatoms. The van der Waals surface area contributed by atoms with E-state index in [9.17, 15) is 9.90 Å². The highest BCUT2D eigenvalue weighted by Gasteiger charge is 2.19. The Hall–Kier alpha value is -3.15. The van der Waals surface area contributed by atoms with Gasteiger partial charge in [0, 0.05) is 24.9 Å². The Balaban J connectivity index is 1.74. The largest absolute Gasteiger partial charge is 0.505 e. The molecule has 6 nitrogen and oxygen atoms in total. The maximum absolute atomic E-state index is 12.3. The minimum Gasteiger partial charge on any atom is -0.505 e. The van der Waals surface area contributed by atoms with Crippen LogP contribution in [-0.4, -0.2) is 33.1 Å². The number of hydrogen-bond donors (Lipinski definition) is 1. The smallest absolute Gasteiger partial charge is 0.276 e. The Bertz CT molecular complexity index is 815. The van der Waals surface area contributed by atoms with E-state index in [2.05, 4.69) is 10.1 Å². The standard InChI is InChI=1S/C17H15N3O3/c1-20(17(22)16-15(21)8-5-9-18-16)11-13-10-14(19-23-13)12-6-3-2-4-7-12/h2-10,21H,11H2,1H3. The summed E-state index contributed by atoms with van der Waals surface area (Å²) in [6.07, 6.45) is 1.46. The van der Waals surface area contributed by atoms with E-state index >= 15 is 0 Å². The highest BCUT2D eigenvalue weighted by molar-refractivity contribution is 5.94. The molecular formula is C17H15N3O3. The molecule has 116 valence electrons. The first-order valence-corrected chi connectivity index (χ1v) is 7.05. The third-order valence-electron chi connectivity index (χ3n) is 3.36. The van der Waals surface area contributed by atoms with Gasteiger partial charge in [0.15, 0.2) is 11.5 Å². The van der Waals surface area contributed by atoms with Crippen molar-refractivity contribution in [1.82, 2.24) is 15.0 Å². The zero-order valence-electron chi connectivity index (χ0n) is 12.5. The molecule has 0 saturated carbocycles. The van der Waals surface area contributed by atoms with E-state index in [1.165, 1.54) is 17.2 Å². The molecule has 0 aliphatic heterocycles. The van der Waals surface area contributed by atoms with Crippen LogP contribution in [0.25, 0.3) is 11.3 Å². The molecule has 0 unspecified atom stereocenters. The highest BCUT2D eigenvalue weighted by atomic mass is 16.5. The van der Waals surface area contributed by atoms with E-state index in [1.54, 1.807) is 19.2 Å². The molecule has 1 aromatic carbocycles. The van der Waals surface area contributed by atoms with Crippen molar-refractivity contribution in [2.24, 2.45) is 0 Å². The van der Waals surface area contributed by atoms with Gasteiger partial charge in [-0.25, -0.2) is 4.98 Å². The minimum absolute atomic E-state index is 0.0119. The summed E-state index contributed by atoms with van der Waals surface area (Å²) in [5.41, 5.74) is 1.67. The van der Waals surface area contributed by atoms with Crippen molar-refractivity contribution in [3.8, 4) is 17.0 Å². The topological polar surface area (TPSA) is 79.5 Å². The van der Waals surface area contributed by atoms with Crippen molar-refractivity contribution in [2.45, 2.75) is 6.54 Å². The Morgan fingerprint density at radius 1 is 1.22 bits per heavy atom. The first-order chi connectivity index (χ1) is 11.1. The third kappa shape index (κ3) is 3.21. The zero-order chi connectivity index (χ0) is 16.2. The van der Waals surface area contributed by atoms with Gasteiger partial charge in [0.2, 0.25) is 0 Å². The Morgan fingerprint density at radius 2 is 2.00 bits per heavy atom. The fourth-order valence-electron chi connectivity index (χ4n) is 2.18. The number of pyridine rings is 1. The maximum atomic E-state index is 12.3. The fourth-order valence-corrected chi connectivity index (χ4v) is 2.18. The SMILES string of the molecule is CN(Cc1cc(-c2ccccc2)no1)C(=O)c1ncccc1O. The average molecular weight is 309 g/mol. The van der Waals surface area contributed by atoms with Crippen molar-refractivity contribution in [2.75, 3.05) is 7.05 Å². The van der Waals surface area contributed by atoms with Crippen LogP contribution in [0.1, 0.15) is 16.2 Å². The molecule has 2 heterocycles. The lowest BCUT2D eigenvalue weighted by atomic mass is 10.1. The predicted molar refractivity (Wildman–Crippen MR) is 83.6 cm³/mol. The summed E-state index contributed by atoms with van der Waals surface area (Å²) in [7, 11) is 1.61. The maximum Gasteiger partial charge on any atom is 0.276 e. The molecule has 0 fully saturated rings. The van der Waals surface area contributed by atoms with E-state index in [1.807, 2.05) is 30.3 Å². The van der Waals surface area contributed by atoms with Crippen molar-refractivity contribution < 1.29 is 14.4 Å². The number of hydrogen-bond acceptors (Lipinski definition) is 5. The van der Waals surface area contributed by atoms with Gasteiger partial charge in [-0.3, -0.25) is 4.79 Å². The number of amides is 1.